The molecule has 0 aromatic heterocycles. The Kier molecular flexibility index (Phi) is 4.70. The zero-order valence-corrected chi connectivity index (χ0v) is 12.3. The first-order valence-corrected chi connectivity index (χ1v) is 7.15. The van der Waals surface area contributed by atoms with E-state index in [2.05, 4.69) is 4.74 Å². The number of carbonyl (C=O) groups excluding carboxylic acids is 1. The lowest BCUT2D eigenvalue weighted by Crippen LogP contribution is -2.32. The van der Waals surface area contributed by atoms with Gasteiger partial charge in [-0.2, -0.15) is 8.42 Å². The Morgan fingerprint density at radius 2 is 1.84 bits per heavy atom. The summed E-state index contributed by atoms with van der Waals surface area (Å²) >= 11 is 0. The van der Waals surface area contributed by atoms with Crippen LogP contribution in [-0.2, 0) is 23.8 Å². The van der Waals surface area contributed by atoms with Crippen LogP contribution in [0.2, 0.25) is 0 Å². The molecule has 0 saturated heterocycles. The molecule has 0 aliphatic rings. The van der Waals surface area contributed by atoms with Gasteiger partial charge in [-0.3, -0.25) is 8.98 Å². The van der Waals surface area contributed by atoms with Gasteiger partial charge in [0.2, 0.25) is 0 Å². The van der Waals surface area contributed by atoms with E-state index >= 15 is 0 Å². The van der Waals surface area contributed by atoms with Crippen LogP contribution in [0.5, 0.6) is 0 Å². The van der Waals surface area contributed by atoms with Crippen LogP contribution < -0.4 is 0 Å². The molecule has 6 heteroatoms. The molecule has 1 rings (SSSR count). The molecule has 0 aliphatic carbocycles. The van der Waals surface area contributed by atoms with Crippen LogP contribution in [-0.4, -0.2) is 28.1 Å². The first-order valence-electron chi connectivity index (χ1n) is 5.74. The molecule has 0 spiro atoms. The quantitative estimate of drug-likeness (QED) is 0.611. The molecule has 0 N–H and O–H groups in total. The Hall–Kier alpha value is -1.40. The molecule has 0 amide bonds. The molecule has 5 nitrogen and oxygen atoms in total. The molecular weight excluding hydrogens is 268 g/mol. The van der Waals surface area contributed by atoms with E-state index in [1.807, 2.05) is 0 Å². The van der Waals surface area contributed by atoms with Gasteiger partial charge in [0.1, 0.15) is 0 Å². The molecule has 1 aromatic carbocycles. The number of rotatable bonds is 5. The lowest BCUT2D eigenvalue weighted by molar-refractivity contribution is -0.152. The molecule has 0 aliphatic heterocycles. The Labute approximate surface area is 113 Å². The van der Waals surface area contributed by atoms with Gasteiger partial charge in [-0.05, 0) is 32.4 Å². The second kappa shape index (κ2) is 5.71. The Balaban J connectivity index is 2.89. The fourth-order valence-corrected chi connectivity index (χ4v) is 2.74. The predicted molar refractivity (Wildman–Crippen MR) is 70.1 cm³/mol. The summed E-state index contributed by atoms with van der Waals surface area (Å²) in [6.07, 6.45) is 0. The van der Waals surface area contributed by atoms with E-state index in [-0.39, 0.29) is 11.5 Å². The highest BCUT2D eigenvalue weighted by atomic mass is 32.2. The van der Waals surface area contributed by atoms with E-state index in [1.165, 1.54) is 13.2 Å². The van der Waals surface area contributed by atoms with Crippen molar-refractivity contribution in [2.45, 2.75) is 25.7 Å². The summed E-state index contributed by atoms with van der Waals surface area (Å²) in [7, 11) is -2.62. The van der Waals surface area contributed by atoms with Crippen molar-refractivity contribution in [3.05, 3.63) is 29.8 Å². The van der Waals surface area contributed by atoms with Gasteiger partial charge in [0, 0.05) is 0 Å². The van der Waals surface area contributed by atoms with Gasteiger partial charge in [0.15, 0.2) is 0 Å². The third-order valence-electron chi connectivity index (χ3n) is 2.68. The van der Waals surface area contributed by atoms with E-state index in [1.54, 1.807) is 39.0 Å². The number of methoxy groups -OCH3 is 1. The van der Waals surface area contributed by atoms with Gasteiger partial charge >= 0.3 is 5.97 Å². The second-order valence-corrected chi connectivity index (χ2v) is 6.44. The van der Waals surface area contributed by atoms with Crippen LogP contribution in [0.4, 0.5) is 0 Å². The highest BCUT2D eigenvalue weighted by Crippen LogP contribution is 2.22. The van der Waals surface area contributed by atoms with Gasteiger partial charge in [-0.15, -0.1) is 0 Å². The summed E-state index contributed by atoms with van der Waals surface area (Å²) in [6.45, 7) is 4.54. The smallest absolute Gasteiger partial charge is 0.313 e. The minimum absolute atomic E-state index is 0.107. The van der Waals surface area contributed by atoms with Gasteiger partial charge in [-0.1, -0.05) is 18.2 Å². The first-order chi connectivity index (χ1) is 8.70. The number of hydrogen-bond donors (Lipinski definition) is 0. The number of esters is 1. The van der Waals surface area contributed by atoms with Crippen LogP contribution >= 0.6 is 0 Å². The monoisotopic (exact) mass is 286 g/mol. The van der Waals surface area contributed by atoms with Crippen LogP contribution in [0.1, 0.15) is 19.4 Å². The van der Waals surface area contributed by atoms with Crippen molar-refractivity contribution in [2.75, 3.05) is 13.7 Å². The number of carbonyl (C=O) groups is 1. The molecule has 0 radical (unpaired) electrons. The van der Waals surface area contributed by atoms with E-state index in [0.717, 1.165) is 0 Å². The zero-order valence-electron chi connectivity index (χ0n) is 11.5. The van der Waals surface area contributed by atoms with Gasteiger partial charge in [0.05, 0.1) is 24.0 Å². The Morgan fingerprint density at radius 3 is 2.37 bits per heavy atom. The first kappa shape index (κ1) is 15.7. The maximum Gasteiger partial charge on any atom is 0.313 e. The van der Waals surface area contributed by atoms with E-state index < -0.39 is 21.5 Å². The highest BCUT2D eigenvalue weighted by Gasteiger charge is 2.32. The molecule has 0 heterocycles. The van der Waals surface area contributed by atoms with Crippen molar-refractivity contribution in [3.8, 4) is 0 Å². The van der Waals surface area contributed by atoms with Crippen molar-refractivity contribution in [1.82, 2.24) is 0 Å². The zero-order chi connectivity index (χ0) is 14.7. The molecule has 1 aromatic rings. The summed E-state index contributed by atoms with van der Waals surface area (Å²) in [5, 5.41) is 0. The topological polar surface area (TPSA) is 69.7 Å². The number of ether oxygens (including phenoxy) is 1. The Bertz CT molecular complexity index is 560. The van der Waals surface area contributed by atoms with Crippen molar-refractivity contribution in [2.24, 2.45) is 5.41 Å². The fraction of sp³-hybridized carbons (Fsp3) is 0.462. The van der Waals surface area contributed by atoms with E-state index in [9.17, 15) is 13.2 Å². The van der Waals surface area contributed by atoms with E-state index in [0.29, 0.717) is 5.56 Å². The third-order valence-corrected chi connectivity index (χ3v) is 4.10. The maximum absolute atomic E-state index is 12.0. The van der Waals surface area contributed by atoms with Crippen LogP contribution in [0.15, 0.2) is 29.2 Å². The highest BCUT2D eigenvalue weighted by molar-refractivity contribution is 7.86. The van der Waals surface area contributed by atoms with Crippen molar-refractivity contribution < 1.29 is 22.1 Å². The average molecular weight is 286 g/mol. The van der Waals surface area contributed by atoms with Crippen molar-refractivity contribution in [1.29, 1.82) is 0 Å². The maximum atomic E-state index is 12.0. The minimum atomic E-state index is -3.87. The molecule has 0 atom stereocenters. The summed E-state index contributed by atoms with van der Waals surface area (Å²) < 4.78 is 33.6. The van der Waals surface area contributed by atoms with Gasteiger partial charge < -0.3 is 4.74 Å². The minimum Gasteiger partial charge on any atom is -0.469 e. The SMILES string of the molecule is COC(=O)C(C)(C)COS(=O)(=O)c1ccccc1C. The summed E-state index contributed by atoms with van der Waals surface area (Å²) in [5.41, 5.74) is -0.428. The van der Waals surface area contributed by atoms with Crippen LogP contribution in [0.25, 0.3) is 0 Å². The summed E-state index contributed by atoms with van der Waals surface area (Å²) in [4.78, 5) is 11.6. The number of benzene rings is 1. The fourth-order valence-electron chi connectivity index (χ4n) is 1.46. The average Bonchev–Trinajstić information content (AvgIpc) is 2.36. The molecule has 106 valence electrons. The molecular formula is C13H18O5S. The molecule has 19 heavy (non-hydrogen) atoms. The molecule has 0 bridgehead atoms. The van der Waals surface area contributed by atoms with Gasteiger partial charge in [0.25, 0.3) is 10.1 Å². The van der Waals surface area contributed by atoms with Gasteiger partial charge in [-0.25, -0.2) is 0 Å². The number of hydrogen-bond acceptors (Lipinski definition) is 5. The lowest BCUT2D eigenvalue weighted by atomic mass is 9.95. The Morgan fingerprint density at radius 1 is 1.26 bits per heavy atom. The summed E-state index contributed by atoms with van der Waals surface area (Å²) in [5.74, 6) is -0.521. The van der Waals surface area contributed by atoms with Crippen LogP contribution in [0, 0.1) is 12.3 Å². The molecule has 0 fully saturated rings. The van der Waals surface area contributed by atoms with Crippen molar-refractivity contribution in [3.63, 3.8) is 0 Å². The lowest BCUT2D eigenvalue weighted by Gasteiger charge is -2.21. The second-order valence-electron chi connectivity index (χ2n) is 4.86. The molecule has 0 saturated carbocycles. The number of aryl methyl sites for hydroxylation is 1. The van der Waals surface area contributed by atoms with Crippen molar-refractivity contribution >= 4 is 16.1 Å². The normalized spacial score (nSPS) is 12.2. The van der Waals surface area contributed by atoms with Crippen LogP contribution in [0.3, 0.4) is 0 Å². The predicted octanol–water partition coefficient (Wildman–Crippen LogP) is 1.90. The largest absolute Gasteiger partial charge is 0.469 e. The standard InChI is InChI=1S/C13H18O5S/c1-10-7-5-6-8-11(10)19(15,16)18-9-13(2,3)12(14)17-4/h5-8H,9H2,1-4H3. The van der Waals surface area contributed by atoms with E-state index in [4.69, 9.17) is 4.18 Å². The third kappa shape index (κ3) is 3.78. The summed E-state index contributed by atoms with van der Waals surface area (Å²) in [6, 6.07) is 6.51. The molecule has 0 unspecified atom stereocenters.